The van der Waals surface area contributed by atoms with Gasteiger partial charge < -0.3 is 50.5 Å². The molecule has 0 bridgehead atoms. The molecule has 19 nitrogen and oxygen atoms in total. The summed E-state index contributed by atoms with van der Waals surface area (Å²) in [5.41, 5.74) is 6.09. The number of phosphoric ester groups is 2. The number of ether oxygens (including phenoxy) is 2. The normalized spacial score (nSPS) is 36.2. The zero-order valence-corrected chi connectivity index (χ0v) is 19.7. The van der Waals surface area contributed by atoms with E-state index in [1.54, 1.807) is 0 Å². The van der Waals surface area contributed by atoms with Gasteiger partial charge in [0, 0.05) is 0 Å². The first-order chi connectivity index (χ1) is 16.8. The molecule has 2 aliphatic rings. The van der Waals surface area contributed by atoms with Gasteiger partial charge in [-0.2, -0.15) is 4.31 Å². The fourth-order valence-electron chi connectivity index (χ4n) is 3.53. The van der Waals surface area contributed by atoms with Crippen molar-refractivity contribution in [2.75, 3.05) is 18.9 Å². The van der Waals surface area contributed by atoms with Crippen molar-refractivity contribution in [3.05, 3.63) is 12.7 Å². The number of hydrogen-bond donors (Lipinski definition) is 8. The van der Waals surface area contributed by atoms with E-state index in [0.717, 1.165) is 6.33 Å². The molecule has 0 aromatic carbocycles. The van der Waals surface area contributed by atoms with Crippen LogP contribution in [-0.2, 0) is 32.0 Å². The second-order valence-electron chi connectivity index (χ2n) is 7.79. The summed E-state index contributed by atoms with van der Waals surface area (Å²) in [4.78, 5) is 31.3. The third-order valence-corrected chi connectivity index (χ3v) is 7.95. The number of fused-ring (bicyclic) bond motifs is 1. The van der Waals surface area contributed by atoms with E-state index in [-0.39, 0.29) is 17.0 Å². The quantitative estimate of drug-likeness (QED) is 0.140. The number of hydrogen-bond acceptors (Lipinski definition) is 16. The summed E-state index contributed by atoms with van der Waals surface area (Å²) in [6.07, 6.45) is -10.1. The molecular formula is C15H23N5O14P2. The number of aliphatic hydroxyl groups excluding tert-OH is 5. The Morgan fingerprint density at radius 3 is 2.06 bits per heavy atom. The summed E-state index contributed by atoms with van der Waals surface area (Å²) in [7, 11) is -10.6. The van der Waals surface area contributed by atoms with Crippen LogP contribution in [0.15, 0.2) is 12.7 Å². The Balaban J connectivity index is 1.34. The first-order valence-electron chi connectivity index (χ1n) is 10.1. The summed E-state index contributed by atoms with van der Waals surface area (Å²) in [6.45, 7) is -1.79. The smallest absolute Gasteiger partial charge is 0.387 e. The summed E-state index contributed by atoms with van der Waals surface area (Å²) in [5.74, 6) is 0.0575. The van der Waals surface area contributed by atoms with Crippen molar-refractivity contribution < 1.29 is 67.3 Å². The third kappa shape index (κ3) is 5.59. The predicted molar refractivity (Wildman–Crippen MR) is 111 cm³/mol. The molecule has 2 fully saturated rings. The molecular weight excluding hydrogens is 536 g/mol. The van der Waals surface area contributed by atoms with Gasteiger partial charge >= 0.3 is 15.6 Å². The lowest BCUT2D eigenvalue weighted by Crippen LogP contribution is -2.34. The Morgan fingerprint density at radius 2 is 1.47 bits per heavy atom. The number of anilines is 1. The average molecular weight is 559 g/mol. The molecule has 4 unspecified atom stereocenters. The highest BCUT2D eigenvalue weighted by atomic mass is 31.3. The van der Waals surface area contributed by atoms with Gasteiger partial charge in [-0.05, 0) is 0 Å². The van der Waals surface area contributed by atoms with Gasteiger partial charge in [0.15, 0.2) is 24.0 Å². The lowest BCUT2D eigenvalue weighted by molar-refractivity contribution is -0.132. The first kappa shape index (κ1) is 27.4. The standard InChI is InChI=1S/C15H23N5O14P2/c16-12-7-13(18-3-17-12)20(4-19-7)14-10(23)8(21)5(32-14)1-30-35(26,27)34-36(28,29)31-2-6-9(22)11(24)15(25)33-6/h3-6,8-11,14-15,21-25H,1-2H2,(H,26,27)(H,28,29)(H2,16,17,18)/t5-,6+,8?,9-,10+,11?,14-,15+/m1/s1. The van der Waals surface area contributed by atoms with Crippen LogP contribution in [0.1, 0.15) is 6.23 Å². The van der Waals surface area contributed by atoms with Crippen LogP contribution in [0.5, 0.6) is 0 Å². The molecule has 4 rings (SSSR count). The van der Waals surface area contributed by atoms with Gasteiger partial charge in [0.25, 0.3) is 0 Å². The van der Waals surface area contributed by atoms with E-state index >= 15 is 0 Å². The predicted octanol–water partition coefficient (Wildman–Crippen LogP) is -3.28. The Bertz CT molecular complexity index is 1180. The second-order valence-corrected chi connectivity index (χ2v) is 10.8. The van der Waals surface area contributed by atoms with Gasteiger partial charge in [-0.15, -0.1) is 0 Å². The van der Waals surface area contributed by atoms with Crippen LogP contribution in [0.4, 0.5) is 5.82 Å². The number of aliphatic hydroxyl groups is 5. The number of phosphoric acid groups is 2. The molecule has 0 amide bonds. The van der Waals surface area contributed by atoms with Crippen LogP contribution >= 0.6 is 15.6 Å². The van der Waals surface area contributed by atoms with Crippen molar-refractivity contribution in [2.24, 2.45) is 0 Å². The van der Waals surface area contributed by atoms with E-state index in [1.807, 2.05) is 0 Å². The van der Waals surface area contributed by atoms with Gasteiger partial charge in [0.05, 0.1) is 19.5 Å². The van der Waals surface area contributed by atoms with Crippen LogP contribution in [0.3, 0.4) is 0 Å². The Morgan fingerprint density at radius 1 is 0.889 bits per heavy atom. The van der Waals surface area contributed by atoms with Crippen LogP contribution in [0.25, 0.3) is 11.2 Å². The highest BCUT2D eigenvalue weighted by molar-refractivity contribution is 7.61. The molecule has 4 heterocycles. The zero-order chi connectivity index (χ0) is 26.4. The average Bonchev–Trinajstić information content (AvgIpc) is 3.42. The number of nitrogens with zero attached hydrogens (tertiary/aromatic N) is 4. The van der Waals surface area contributed by atoms with Crippen molar-refractivity contribution in [1.29, 1.82) is 0 Å². The van der Waals surface area contributed by atoms with E-state index in [4.69, 9.17) is 15.2 Å². The molecule has 36 heavy (non-hydrogen) atoms. The zero-order valence-electron chi connectivity index (χ0n) is 17.9. The van der Waals surface area contributed by atoms with Gasteiger partial charge in [0.2, 0.25) is 0 Å². The second kappa shape index (κ2) is 10.2. The summed E-state index contributed by atoms with van der Waals surface area (Å²) in [5, 5.41) is 49.0. The van der Waals surface area contributed by atoms with E-state index in [1.165, 1.54) is 10.9 Å². The van der Waals surface area contributed by atoms with Crippen molar-refractivity contribution in [3.8, 4) is 0 Å². The maximum atomic E-state index is 12.2. The van der Waals surface area contributed by atoms with E-state index in [9.17, 15) is 44.4 Å². The van der Waals surface area contributed by atoms with Crippen molar-refractivity contribution in [2.45, 2.75) is 49.1 Å². The molecule has 10 atom stereocenters. The summed E-state index contributed by atoms with van der Waals surface area (Å²) >= 11 is 0. The Hall–Kier alpha value is -1.67. The Kier molecular flexibility index (Phi) is 7.78. The van der Waals surface area contributed by atoms with Crippen molar-refractivity contribution >= 4 is 32.6 Å². The highest BCUT2D eigenvalue weighted by Gasteiger charge is 2.47. The van der Waals surface area contributed by atoms with Gasteiger partial charge in [-0.1, -0.05) is 0 Å². The minimum absolute atomic E-state index is 0.0575. The number of aromatic nitrogens is 4. The van der Waals surface area contributed by atoms with Crippen LogP contribution in [-0.4, -0.2) is 111 Å². The minimum Gasteiger partial charge on any atom is -0.387 e. The number of nitrogens with two attached hydrogens (primary N) is 1. The third-order valence-electron chi connectivity index (χ3n) is 5.35. The molecule has 0 radical (unpaired) electrons. The lowest BCUT2D eigenvalue weighted by atomic mass is 10.1. The fourth-order valence-corrected chi connectivity index (χ4v) is 5.62. The topological polar surface area (TPSA) is 292 Å². The molecule has 9 N–H and O–H groups in total. The first-order valence-corrected chi connectivity index (χ1v) is 13.1. The minimum atomic E-state index is -5.31. The van der Waals surface area contributed by atoms with E-state index in [0.29, 0.717) is 0 Å². The molecule has 0 spiro atoms. The number of nitrogen functional groups attached to an aromatic ring is 1. The maximum absolute atomic E-state index is 12.2. The highest BCUT2D eigenvalue weighted by Crippen LogP contribution is 2.60. The van der Waals surface area contributed by atoms with Crippen molar-refractivity contribution in [3.63, 3.8) is 0 Å². The Labute approximate surface area is 200 Å². The largest absolute Gasteiger partial charge is 0.481 e. The number of imidazole rings is 1. The molecule has 0 aliphatic carbocycles. The van der Waals surface area contributed by atoms with E-state index in [2.05, 4.69) is 28.3 Å². The van der Waals surface area contributed by atoms with Crippen LogP contribution in [0, 0.1) is 0 Å². The summed E-state index contributed by atoms with van der Waals surface area (Å²) in [6, 6.07) is 0. The molecule has 2 aliphatic heterocycles. The van der Waals surface area contributed by atoms with Crippen molar-refractivity contribution in [1.82, 2.24) is 19.5 Å². The molecule has 202 valence electrons. The van der Waals surface area contributed by atoms with Gasteiger partial charge in [-0.3, -0.25) is 13.6 Å². The molecule has 2 aromatic rings. The molecule has 2 aromatic heterocycles. The van der Waals surface area contributed by atoms with Gasteiger partial charge in [-0.25, -0.2) is 24.1 Å². The van der Waals surface area contributed by atoms with E-state index < -0.39 is 78.0 Å². The summed E-state index contributed by atoms with van der Waals surface area (Å²) < 4.78 is 48.8. The SMILES string of the molecule is Nc1ncnc2c1ncn2[C@@H]1O[C@H](COP(=O)(O)OP(=O)(O)OC[C@@H]2O[C@H](O)C(O)[C@@H]2O)C(O)[C@@H]1O. The fraction of sp³-hybridized carbons (Fsp3) is 0.667. The maximum Gasteiger partial charge on any atom is 0.481 e. The lowest BCUT2D eigenvalue weighted by Gasteiger charge is -2.20. The van der Waals surface area contributed by atoms with Gasteiger partial charge in [0.1, 0.15) is 48.5 Å². The molecule has 21 heteroatoms. The molecule has 2 saturated heterocycles. The molecule has 0 saturated carbocycles. The monoisotopic (exact) mass is 559 g/mol. The van der Waals surface area contributed by atoms with Crippen LogP contribution in [0.2, 0.25) is 0 Å². The number of rotatable bonds is 9. The van der Waals surface area contributed by atoms with Crippen LogP contribution < -0.4 is 5.73 Å².